The molecule has 0 aromatic rings. The largest absolute Gasteiger partial charge is 0.371 e. The van der Waals surface area contributed by atoms with Crippen molar-refractivity contribution in [3.63, 3.8) is 0 Å². The van der Waals surface area contributed by atoms with E-state index in [-0.39, 0.29) is 5.60 Å². The first kappa shape index (κ1) is 13.9. The summed E-state index contributed by atoms with van der Waals surface area (Å²) in [6.45, 7) is 4.75. The minimum Gasteiger partial charge on any atom is -0.371 e. The maximum atomic E-state index is 6.58. The van der Waals surface area contributed by atoms with E-state index >= 15 is 0 Å². The molecule has 0 heterocycles. The summed E-state index contributed by atoms with van der Waals surface area (Å²) in [4.78, 5) is 0. The highest BCUT2D eigenvalue weighted by Crippen LogP contribution is 2.39. The van der Waals surface area contributed by atoms with Gasteiger partial charge in [-0.3, -0.25) is 0 Å². The number of alkyl halides is 1. The minimum absolute atomic E-state index is 0.156. The SMILES string of the molecule is CC1CCC(CBr)(OC2CCCCC2C)CC1. The molecule has 17 heavy (non-hydrogen) atoms. The van der Waals surface area contributed by atoms with Crippen molar-refractivity contribution in [3.05, 3.63) is 0 Å². The maximum absolute atomic E-state index is 6.58. The highest BCUT2D eigenvalue weighted by molar-refractivity contribution is 9.09. The van der Waals surface area contributed by atoms with Crippen molar-refractivity contribution in [2.24, 2.45) is 11.8 Å². The van der Waals surface area contributed by atoms with Gasteiger partial charge in [-0.2, -0.15) is 0 Å². The van der Waals surface area contributed by atoms with Crippen molar-refractivity contribution in [1.29, 1.82) is 0 Å². The molecule has 0 bridgehead atoms. The molecule has 2 aliphatic rings. The summed E-state index contributed by atoms with van der Waals surface area (Å²) < 4.78 is 6.58. The van der Waals surface area contributed by atoms with Crippen LogP contribution in [-0.4, -0.2) is 17.0 Å². The molecule has 0 N–H and O–H groups in total. The Labute approximate surface area is 115 Å². The van der Waals surface area contributed by atoms with E-state index in [0.29, 0.717) is 6.10 Å². The standard InChI is InChI=1S/C15H27BrO/c1-12-7-9-15(11-16,10-8-12)17-14-6-4-3-5-13(14)2/h12-14H,3-11H2,1-2H3. The van der Waals surface area contributed by atoms with Crippen molar-refractivity contribution < 1.29 is 4.74 Å². The van der Waals surface area contributed by atoms with Gasteiger partial charge in [-0.1, -0.05) is 42.6 Å². The number of hydrogen-bond acceptors (Lipinski definition) is 1. The lowest BCUT2D eigenvalue weighted by molar-refractivity contribution is -0.130. The first-order valence-corrected chi connectivity index (χ1v) is 8.51. The van der Waals surface area contributed by atoms with Gasteiger partial charge < -0.3 is 4.74 Å². The van der Waals surface area contributed by atoms with Gasteiger partial charge in [-0.15, -0.1) is 0 Å². The molecule has 2 saturated carbocycles. The van der Waals surface area contributed by atoms with E-state index in [1.807, 2.05) is 0 Å². The van der Waals surface area contributed by atoms with Gasteiger partial charge in [0.2, 0.25) is 0 Å². The molecule has 0 saturated heterocycles. The fourth-order valence-electron chi connectivity index (χ4n) is 3.35. The Morgan fingerprint density at radius 2 is 1.71 bits per heavy atom. The topological polar surface area (TPSA) is 9.23 Å². The molecule has 2 heteroatoms. The van der Waals surface area contributed by atoms with E-state index in [4.69, 9.17) is 4.74 Å². The minimum atomic E-state index is 0.156. The van der Waals surface area contributed by atoms with Gasteiger partial charge in [0.15, 0.2) is 0 Å². The normalized spacial score (nSPS) is 43.6. The van der Waals surface area contributed by atoms with E-state index in [1.54, 1.807) is 0 Å². The molecule has 0 aliphatic heterocycles. The van der Waals surface area contributed by atoms with Gasteiger partial charge in [-0.05, 0) is 50.4 Å². The predicted octanol–water partition coefficient (Wildman–Crippen LogP) is 4.93. The van der Waals surface area contributed by atoms with E-state index in [2.05, 4.69) is 29.8 Å². The lowest BCUT2D eigenvalue weighted by Crippen LogP contribution is -2.44. The van der Waals surface area contributed by atoms with Crippen molar-refractivity contribution in [1.82, 2.24) is 0 Å². The molecule has 0 amide bonds. The Balaban J connectivity index is 1.94. The van der Waals surface area contributed by atoms with Crippen molar-refractivity contribution in [2.45, 2.75) is 76.9 Å². The molecule has 0 aromatic carbocycles. The van der Waals surface area contributed by atoms with E-state index < -0.39 is 0 Å². The van der Waals surface area contributed by atoms with E-state index in [0.717, 1.165) is 17.2 Å². The van der Waals surface area contributed by atoms with Gasteiger partial charge in [-0.25, -0.2) is 0 Å². The Morgan fingerprint density at radius 1 is 1.06 bits per heavy atom. The molecule has 2 unspecified atom stereocenters. The molecular weight excluding hydrogens is 276 g/mol. The molecule has 0 aromatic heterocycles. The molecule has 1 nitrogen and oxygen atoms in total. The summed E-state index contributed by atoms with van der Waals surface area (Å²) in [5.41, 5.74) is 0.156. The van der Waals surface area contributed by atoms with Crippen LogP contribution < -0.4 is 0 Å². The van der Waals surface area contributed by atoms with Crippen LogP contribution in [0.4, 0.5) is 0 Å². The van der Waals surface area contributed by atoms with Gasteiger partial charge in [0.05, 0.1) is 11.7 Å². The van der Waals surface area contributed by atoms with Crippen LogP contribution >= 0.6 is 15.9 Å². The first-order valence-electron chi connectivity index (χ1n) is 7.39. The Bertz CT molecular complexity index is 233. The zero-order valence-corrected chi connectivity index (χ0v) is 13.0. The van der Waals surface area contributed by atoms with Gasteiger partial charge in [0.25, 0.3) is 0 Å². The van der Waals surface area contributed by atoms with Crippen LogP contribution in [0.3, 0.4) is 0 Å². The second kappa shape index (κ2) is 6.06. The Kier molecular flexibility index (Phi) is 4.94. The van der Waals surface area contributed by atoms with Crippen LogP contribution in [0.1, 0.15) is 65.2 Å². The van der Waals surface area contributed by atoms with Crippen LogP contribution in [0.15, 0.2) is 0 Å². The highest BCUT2D eigenvalue weighted by atomic mass is 79.9. The van der Waals surface area contributed by atoms with Crippen LogP contribution in [0.2, 0.25) is 0 Å². The lowest BCUT2D eigenvalue weighted by Gasteiger charge is -2.43. The average Bonchev–Trinajstić information content (AvgIpc) is 2.35. The summed E-state index contributed by atoms with van der Waals surface area (Å²) in [6, 6.07) is 0. The van der Waals surface area contributed by atoms with Crippen LogP contribution in [0.5, 0.6) is 0 Å². The van der Waals surface area contributed by atoms with Gasteiger partial charge in [0.1, 0.15) is 0 Å². The first-order chi connectivity index (χ1) is 8.15. The van der Waals surface area contributed by atoms with Crippen LogP contribution in [0, 0.1) is 11.8 Å². The summed E-state index contributed by atoms with van der Waals surface area (Å²) in [5.74, 6) is 1.66. The fraction of sp³-hybridized carbons (Fsp3) is 1.00. The average molecular weight is 303 g/mol. The fourth-order valence-corrected chi connectivity index (χ4v) is 4.04. The maximum Gasteiger partial charge on any atom is 0.0783 e. The summed E-state index contributed by atoms with van der Waals surface area (Å²) >= 11 is 3.71. The van der Waals surface area contributed by atoms with Crippen LogP contribution in [0.25, 0.3) is 0 Å². The zero-order chi connectivity index (χ0) is 12.3. The van der Waals surface area contributed by atoms with Gasteiger partial charge >= 0.3 is 0 Å². The molecule has 2 fully saturated rings. The van der Waals surface area contributed by atoms with Crippen molar-refractivity contribution in [2.75, 3.05) is 5.33 Å². The number of rotatable bonds is 3. The lowest BCUT2D eigenvalue weighted by atomic mass is 9.79. The van der Waals surface area contributed by atoms with E-state index in [9.17, 15) is 0 Å². The zero-order valence-electron chi connectivity index (χ0n) is 11.4. The van der Waals surface area contributed by atoms with E-state index in [1.165, 1.54) is 51.4 Å². The predicted molar refractivity (Wildman–Crippen MR) is 76.7 cm³/mol. The highest BCUT2D eigenvalue weighted by Gasteiger charge is 2.38. The van der Waals surface area contributed by atoms with Crippen LogP contribution in [-0.2, 0) is 4.74 Å². The molecule has 2 atom stereocenters. The summed E-state index contributed by atoms with van der Waals surface area (Å²) in [5, 5.41) is 1.02. The number of halogens is 1. The third kappa shape index (κ3) is 3.47. The summed E-state index contributed by atoms with van der Waals surface area (Å²) in [7, 11) is 0. The Morgan fingerprint density at radius 3 is 2.29 bits per heavy atom. The summed E-state index contributed by atoms with van der Waals surface area (Å²) in [6.07, 6.45) is 11.1. The monoisotopic (exact) mass is 302 g/mol. The molecule has 2 aliphatic carbocycles. The molecule has 0 spiro atoms. The second-order valence-corrected chi connectivity index (χ2v) is 6.98. The second-order valence-electron chi connectivity index (χ2n) is 6.42. The third-order valence-corrected chi connectivity index (χ3v) is 5.89. The number of hydrogen-bond donors (Lipinski definition) is 0. The third-order valence-electron chi connectivity index (χ3n) is 4.86. The number of ether oxygens (including phenoxy) is 1. The molecule has 0 radical (unpaired) electrons. The molecule has 100 valence electrons. The Hall–Kier alpha value is 0.440. The van der Waals surface area contributed by atoms with Crippen molar-refractivity contribution in [3.8, 4) is 0 Å². The molecule has 2 rings (SSSR count). The molecular formula is C15H27BrO. The van der Waals surface area contributed by atoms with Crippen molar-refractivity contribution >= 4 is 15.9 Å². The van der Waals surface area contributed by atoms with Gasteiger partial charge in [0, 0.05) is 5.33 Å². The smallest absolute Gasteiger partial charge is 0.0783 e. The quantitative estimate of drug-likeness (QED) is 0.672.